The van der Waals surface area contributed by atoms with Crippen LogP contribution in [-0.2, 0) is 10.3 Å². The lowest BCUT2D eigenvalue weighted by Crippen LogP contribution is -2.32. The summed E-state index contributed by atoms with van der Waals surface area (Å²) in [5.74, 6) is 0.216. The lowest BCUT2D eigenvalue weighted by Gasteiger charge is -2.30. The van der Waals surface area contributed by atoms with Gasteiger partial charge in [-0.25, -0.2) is 0 Å². The summed E-state index contributed by atoms with van der Waals surface area (Å²) in [6, 6.07) is 6.28. The maximum atomic E-state index is 10.7. The number of hydrogen-bond donors (Lipinski definition) is 1. The molecule has 1 aliphatic rings. The molecule has 0 aromatic heterocycles. The SMILES string of the molecule is Cc1cc(C)cc(C(C)(O)C2CCOC2)c1. The van der Waals surface area contributed by atoms with Crippen LogP contribution in [0.4, 0.5) is 0 Å². The predicted octanol–water partition coefficient (Wildman–Crippen LogP) is 2.55. The molecule has 1 aromatic rings. The van der Waals surface area contributed by atoms with E-state index in [9.17, 15) is 5.11 Å². The van der Waals surface area contributed by atoms with Crippen molar-refractivity contribution in [1.29, 1.82) is 0 Å². The van der Waals surface area contributed by atoms with E-state index in [1.54, 1.807) is 0 Å². The first-order valence-corrected chi connectivity index (χ1v) is 5.89. The minimum absolute atomic E-state index is 0.216. The van der Waals surface area contributed by atoms with Gasteiger partial charge in [0.25, 0.3) is 0 Å². The molecule has 88 valence electrons. The van der Waals surface area contributed by atoms with E-state index < -0.39 is 5.60 Å². The molecule has 1 fully saturated rings. The lowest BCUT2D eigenvalue weighted by atomic mass is 9.81. The first-order valence-electron chi connectivity index (χ1n) is 5.89. The van der Waals surface area contributed by atoms with E-state index in [1.165, 1.54) is 11.1 Å². The second-order valence-electron chi connectivity index (χ2n) is 5.08. The van der Waals surface area contributed by atoms with E-state index in [4.69, 9.17) is 4.74 Å². The molecule has 16 heavy (non-hydrogen) atoms. The Morgan fingerprint density at radius 2 is 1.88 bits per heavy atom. The van der Waals surface area contributed by atoms with E-state index in [2.05, 4.69) is 32.0 Å². The molecule has 2 atom stereocenters. The Balaban J connectivity index is 2.33. The molecule has 1 N–H and O–H groups in total. The van der Waals surface area contributed by atoms with Crippen LogP contribution >= 0.6 is 0 Å². The largest absolute Gasteiger partial charge is 0.385 e. The Morgan fingerprint density at radius 1 is 1.25 bits per heavy atom. The predicted molar refractivity (Wildman–Crippen MR) is 64.4 cm³/mol. The average molecular weight is 220 g/mol. The lowest BCUT2D eigenvalue weighted by molar-refractivity contribution is -0.00980. The van der Waals surface area contributed by atoms with Crippen molar-refractivity contribution in [3.05, 3.63) is 34.9 Å². The number of aliphatic hydroxyl groups is 1. The highest BCUT2D eigenvalue weighted by molar-refractivity contribution is 5.32. The molecule has 2 nitrogen and oxygen atoms in total. The van der Waals surface area contributed by atoms with E-state index >= 15 is 0 Å². The summed E-state index contributed by atoms with van der Waals surface area (Å²) in [6.07, 6.45) is 0.944. The summed E-state index contributed by atoms with van der Waals surface area (Å²) in [7, 11) is 0. The summed E-state index contributed by atoms with van der Waals surface area (Å²) < 4.78 is 5.37. The average Bonchev–Trinajstić information content (AvgIpc) is 2.69. The second-order valence-corrected chi connectivity index (χ2v) is 5.08. The van der Waals surface area contributed by atoms with Gasteiger partial charge in [-0.05, 0) is 32.8 Å². The Hall–Kier alpha value is -0.860. The number of aryl methyl sites for hydroxylation is 2. The second kappa shape index (κ2) is 4.19. The van der Waals surface area contributed by atoms with Crippen LogP contribution in [0.25, 0.3) is 0 Å². The zero-order valence-corrected chi connectivity index (χ0v) is 10.3. The molecule has 0 aliphatic carbocycles. The molecule has 2 heteroatoms. The van der Waals surface area contributed by atoms with Crippen molar-refractivity contribution < 1.29 is 9.84 Å². The van der Waals surface area contributed by atoms with Crippen molar-refractivity contribution in [1.82, 2.24) is 0 Å². The summed E-state index contributed by atoms with van der Waals surface area (Å²) >= 11 is 0. The molecule has 0 bridgehead atoms. The molecule has 0 amide bonds. The zero-order valence-electron chi connectivity index (χ0n) is 10.3. The molecule has 1 aliphatic heterocycles. The smallest absolute Gasteiger partial charge is 0.0919 e. The molecule has 0 saturated carbocycles. The summed E-state index contributed by atoms with van der Waals surface area (Å²) in [6.45, 7) is 7.47. The van der Waals surface area contributed by atoms with Crippen LogP contribution in [-0.4, -0.2) is 18.3 Å². The van der Waals surface area contributed by atoms with E-state index in [0.29, 0.717) is 6.61 Å². The minimum Gasteiger partial charge on any atom is -0.385 e. The van der Waals surface area contributed by atoms with Gasteiger partial charge in [0.05, 0.1) is 12.2 Å². The first kappa shape index (κ1) is 11.6. The monoisotopic (exact) mass is 220 g/mol. The maximum Gasteiger partial charge on any atom is 0.0919 e. The van der Waals surface area contributed by atoms with Crippen LogP contribution in [0.2, 0.25) is 0 Å². The molecule has 2 unspecified atom stereocenters. The highest BCUT2D eigenvalue weighted by Gasteiger charge is 2.36. The molecule has 0 radical (unpaired) electrons. The van der Waals surface area contributed by atoms with Crippen molar-refractivity contribution in [2.75, 3.05) is 13.2 Å². The quantitative estimate of drug-likeness (QED) is 0.830. The summed E-state index contributed by atoms with van der Waals surface area (Å²) in [4.78, 5) is 0. The van der Waals surface area contributed by atoms with E-state index in [-0.39, 0.29) is 5.92 Å². The third-order valence-corrected chi connectivity index (χ3v) is 3.53. The van der Waals surface area contributed by atoms with Gasteiger partial charge in [-0.1, -0.05) is 29.3 Å². The van der Waals surface area contributed by atoms with Crippen molar-refractivity contribution in [2.45, 2.75) is 32.8 Å². The van der Waals surface area contributed by atoms with Crippen LogP contribution in [0.5, 0.6) is 0 Å². The molecule has 0 spiro atoms. The molecule has 1 heterocycles. The Labute approximate surface area is 97.3 Å². The number of benzene rings is 1. The van der Waals surface area contributed by atoms with Crippen molar-refractivity contribution in [2.24, 2.45) is 5.92 Å². The Kier molecular flexibility index (Phi) is 3.04. The number of ether oxygens (including phenoxy) is 1. The van der Waals surface area contributed by atoms with Crippen LogP contribution in [0, 0.1) is 19.8 Å². The zero-order chi connectivity index (χ0) is 11.8. The number of hydrogen-bond acceptors (Lipinski definition) is 2. The van der Waals surface area contributed by atoms with Gasteiger partial charge in [-0.2, -0.15) is 0 Å². The first-order chi connectivity index (χ1) is 7.50. The molecule has 1 saturated heterocycles. The highest BCUT2D eigenvalue weighted by Crippen LogP contribution is 2.35. The standard InChI is InChI=1S/C14H20O2/c1-10-6-11(2)8-13(7-10)14(3,15)12-4-5-16-9-12/h6-8,12,15H,4-5,9H2,1-3H3. The third kappa shape index (κ3) is 2.13. The highest BCUT2D eigenvalue weighted by atomic mass is 16.5. The minimum atomic E-state index is -0.771. The molecular formula is C14H20O2. The summed E-state index contributed by atoms with van der Waals surface area (Å²) in [5.41, 5.74) is 2.65. The molecular weight excluding hydrogens is 200 g/mol. The van der Waals surface area contributed by atoms with Gasteiger partial charge in [0, 0.05) is 12.5 Å². The topological polar surface area (TPSA) is 29.5 Å². The van der Waals surface area contributed by atoms with Gasteiger partial charge in [0.2, 0.25) is 0 Å². The van der Waals surface area contributed by atoms with E-state index in [0.717, 1.165) is 18.6 Å². The van der Waals surface area contributed by atoms with Gasteiger partial charge in [0.15, 0.2) is 0 Å². The van der Waals surface area contributed by atoms with E-state index in [1.807, 2.05) is 6.92 Å². The number of rotatable bonds is 2. The van der Waals surface area contributed by atoms with Crippen molar-refractivity contribution >= 4 is 0 Å². The fourth-order valence-electron chi connectivity index (χ4n) is 2.48. The van der Waals surface area contributed by atoms with Gasteiger partial charge in [-0.3, -0.25) is 0 Å². The normalized spacial score (nSPS) is 24.4. The Morgan fingerprint density at radius 3 is 2.38 bits per heavy atom. The van der Waals surface area contributed by atoms with Gasteiger partial charge < -0.3 is 9.84 Å². The summed E-state index contributed by atoms with van der Waals surface area (Å²) in [5, 5.41) is 10.7. The fraction of sp³-hybridized carbons (Fsp3) is 0.571. The fourth-order valence-corrected chi connectivity index (χ4v) is 2.48. The third-order valence-electron chi connectivity index (χ3n) is 3.53. The maximum absolute atomic E-state index is 10.7. The van der Waals surface area contributed by atoms with Gasteiger partial charge >= 0.3 is 0 Å². The molecule has 1 aromatic carbocycles. The van der Waals surface area contributed by atoms with Crippen molar-refractivity contribution in [3.8, 4) is 0 Å². The van der Waals surface area contributed by atoms with Crippen LogP contribution < -0.4 is 0 Å². The van der Waals surface area contributed by atoms with Crippen LogP contribution in [0.1, 0.15) is 30.0 Å². The van der Waals surface area contributed by atoms with Gasteiger partial charge in [0.1, 0.15) is 0 Å². The Bertz CT molecular complexity index is 356. The van der Waals surface area contributed by atoms with Gasteiger partial charge in [-0.15, -0.1) is 0 Å². The van der Waals surface area contributed by atoms with Crippen LogP contribution in [0.15, 0.2) is 18.2 Å². The van der Waals surface area contributed by atoms with Crippen molar-refractivity contribution in [3.63, 3.8) is 0 Å². The molecule has 2 rings (SSSR count). The van der Waals surface area contributed by atoms with Crippen LogP contribution in [0.3, 0.4) is 0 Å².